The molecule has 148 valence electrons. The lowest BCUT2D eigenvalue weighted by Gasteiger charge is -2.26. The molecule has 2 rings (SSSR count). The number of nitrogens with zero attached hydrogens (tertiary/aromatic N) is 2. The molecule has 1 saturated heterocycles. The number of halogens is 1. The van der Waals surface area contributed by atoms with Crippen LogP contribution >= 0.6 is 24.0 Å². The van der Waals surface area contributed by atoms with Gasteiger partial charge in [-0.05, 0) is 46.5 Å². The number of guanidine groups is 1. The van der Waals surface area contributed by atoms with Crippen molar-refractivity contribution in [1.29, 1.82) is 0 Å². The Balaban J connectivity index is 0.00000312. The van der Waals surface area contributed by atoms with E-state index in [1.807, 2.05) is 0 Å². The summed E-state index contributed by atoms with van der Waals surface area (Å²) in [5.74, 6) is 0.918. The average Bonchev–Trinajstić information content (AvgIpc) is 3.25. The highest BCUT2D eigenvalue weighted by Gasteiger charge is 2.30. The van der Waals surface area contributed by atoms with Crippen LogP contribution in [0, 0.1) is 0 Å². The van der Waals surface area contributed by atoms with Gasteiger partial charge in [0.05, 0.1) is 12.7 Å². The summed E-state index contributed by atoms with van der Waals surface area (Å²) in [4.78, 5) is 7.24. The van der Waals surface area contributed by atoms with Gasteiger partial charge in [-0.15, -0.1) is 24.0 Å². The van der Waals surface area contributed by atoms with Crippen molar-refractivity contribution in [3.8, 4) is 0 Å². The lowest BCUT2D eigenvalue weighted by molar-refractivity contribution is 0.0424. The van der Waals surface area contributed by atoms with Crippen LogP contribution in [0.15, 0.2) is 4.99 Å². The van der Waals surface area contributed by atoms with Crippen molar-refractivity contribution in [2.45, 2.75) is 64.6 Å². The molecule has 0 aromatic rings. The third kappa shape index (κ3) is 9.40. The quantitative estimate of drug-likeness (QED) is 0.211. The van der Waals surface area contributed by atoms with Gasteiger partial charge in [-0.25, -0.2) is 0 Å². The van der Waals surface area contributed by atoms with Gasteiger partial charge in [0.15, 0.2) is 5.96 Å². The highest BCUT2D eigenvalue weighted by Crippen LogP contribution is 2.27. The summed E-state index contributed by atoms with van der Waals surface area (Å²) >= 11 is 0. The van der Waals surface area contributed by atoms with Crippen LogP contribution in [0.25, 0.3) is 0 Å². The van der Waals surface area contributed by atoms with Gasteiger partial charge in [-0.1, -0.05) is 0 Å². The van der Waals surface area contributed by atoms with Gasteiger partial charge < -0.3 is 20.1 Å². The minimum Gasteiger partial charge on any atom is -0.379 e. The molecule has 2 N–H and O–H groups in total. The van der Waals surface area contributed by atoms with Crippen molar-refractivity contribution >= 4 is 29.9 Å². The van der Waals surface area contributed by atoms with Crippen molar-refractivity contribution in [3.63, 3.8) is 0 Å². The molecule has 0 spiro atoms. The Labute approximate surface area is 170 Å². The van der Waals surface area contributed by atoms with Gasteiger partial charge in [0.25, 0.3) is 0 Å². The van der Waals surface area contributed by atoms with Gasteiger partial charge in [-0.3, -0.25) is 9.89 Å². The summed E-state index contributed by atoms with van der Waals surface area (Å²) < 4.78 is 11.1. The maximum Gasteiger partial charge on any atom is 0.191 e. The molecule has 1 unspecified atom stereocenters. The molecule has 1 heterocycles. The zero-order chi connectivity index (χ0) is 17.2. The Morgan fingerprint density at radius 1 is 1.28 bits per heavy atom. The maximum atomic E-state index is 5.78. The lowest BCUT2D eigenvalue weighted by atomic mass is 10.3. The molecule has 0 aromatic carbocycles. The topological polar surface area (TPSA) is 58.1 Å². The molecule has 2 aliphatic rings. The molecule has 1 aliphatic carbocycles. The molecule has 0 aromatic heterocycles. The number of rotatable bonds is 11. The second-order valence-corrected chi connectivity index (χ2v) is 6.96. The van der Waals surface area contributed by atoms with E-state index >= 15 is 0 Å². The minimum absolute atomic E-state index is 0. The molecule has 0 amide bonds. The maximum absolute atomic E-state index is 5.78. The van der Waals surface area contributed by atoms with Crippen molar-refractivity contribution in [2.75, 3.05) is 46.0 Å². The molecule has 0 radical (unpaired) electrons. The van der Waals surface area contributed by atoms with Crippen LogP contribution in [0.4, 0.5) is 0 Å². The number of ether oxygens (including phenoxy) is 2. The monoisotopic (exact) mass is 468 g/mol. The van der Waals surface area contributed by atoms with Crippen LogP contribution in [0.3, 0.4) is 0 Å². The highest BCUT2D eigenvalue weighted by molar-refractivity contribution is 14.0. The van der Waals surface area contributed by atoms with Crippen LogP contribution in [-0.2, 0) is 9.47 Å². The Morgan fingerprint density at radius 3 is 2.68 bits per heavy atom. The first-order valence-corrected chi connectivity index (χ1v) is 9.68. The third-order valence-electron chi connectivity index (χ3n) is 4.50. The van der Waals surface area contributed by atoms with Gasteiger partial charge in [0.1, 0.15) is 0 Å². The normalized spacial score (nSPS) is 20.8. The standard InChI is InChI=1S/C18H36N4O2.HI/c1-4-19-18(20-9-5-12-24-17-8-13-23-14-17)21-10-11-22(15(2)3)16-6-7-16;/h15-17H,4-14H2,1-3H3,(H2,19,20,21);1H. The first-order chi connectivity index (χ1) is 11.7. The van der Waals surface area contributed by atoms with E-state index in [4.69, 9.17) is 9.47 Å². The van der Waals surface area contributed by atoms with Crippen molar-refractivity contribution in [1.82, 2.24) is 15.5 Å². The first-order valence-electron chi connectivity index (χ1n) is 9.68. The lowest BCUT2D eigenvalue weighted by Crippen LogP contribution is -2.44. The fourth-order valence-electron chi connectivity index (χ4n) is 3.06. The van der Waals surface area contributed by atoms with E-state index in [9.17, 15) is 0 Å². The fraction of sp³-hybridized carbons (Fsp3) is 0.944. The average molecular weight is 468 g/mol. The summed E-state index contributed by atoms with van der Waals surface area (Å²) in [5.41, 5.74) is 0. The summed E-state index contributed by atoms with van der Waals surface area (Å²) in [6.45, 7) is 12.7. The number of nitrogens with one attached hydrogen (secondary N) is 2. The zero-order valence-corrected chi connectivity index (χ0v) is 18.5. The summed E-state index contributed by atoms with van der Waals surface area (Å²) in [7, 11) is 0. The summed E-state index contributed by atoms with van der Waals surface area (Å²) in [6, 6.07) is 1.43. The van der Waals surface area contributed by atoms with E-state index < -0.39 is 0 Å². The molecule has 6 nitrogen and oxygen atoms in total. The Morgan fingerprint density at radius 2 is 2.08 bits per heavy atom. The molecule has 1 atom stereocenters. The van der Waals surface area contributed by atoms with E-state index in [1.165, 1.54) is 12.8 Å². The van der Waals surface area contributed by atoms with Gasteiger partial charge >= 0.3 is 0 Å². The first kappa shape index (κ1) is 22.9. The van der Waals surface area contributed by atoms with Crippen LogP contribution in [0.1, 0.15) is 46.5 Å². The molecule has 0 bridgehead atoms. The summed E-state index contributed by atoms with van der Waals surface area (Å²) in [6.07, 6.45) is 5.00. The van der Waals surface area contributed by atoms with E-state index in [2.05, 4.69) is 41.3 Å². The van der Waals surface area contributed by atoms with E-state index in [-0.39, 0.29) is 24.0 Å². The van der Waals surface area contributed by atoms with Crippen molar-refractivity contribution < 1.29 is 9.47 Å². The number of aliphatic imine (C=N–C) groups is 1. The van der Waals surface area contributed by atoms with Gasteiger partial charge in [0.2, 0.25) is 0 Å². The Hall–Kier alpha value is -0.120. The predicted octanol–water partition coefficient (Wildman–Crippen LogP) is 2.23. The predicted molar refractivity (Wildman–Crippen MR) is 114 cm³/mol. The fourth-order valence-corrected chi connectivity index (χ4v) is 3.06. The molecular weight excluding hydrogens is 431 g/mol. The van der Waals surface area contributed by atoms with Gasteiger partial charge in [-0.2, -0.15) is 0 Å². The van der Waals surface area contributed by atoms with Crippen LogP contribution < -0.4 is 10.6 Å². The highest BCUT2D eigenvalue weighted by atomic mass is 127. The van der Waals surface area contributed by atoms with E-state index in [0.717, 1.165) is 70.8 Å². The molecular formula is C18H37IN4O2. The molecule has 1 saturated carbocycles. The smallest absolute Gasteiger partial charge is 0.191 e. The molecule has 1 aliphatic heterocycles. The summed E-state index contributed by atoms with van der Waals surface area (Å²) in [5, 5.41) is 6.78. The van der Waals surface area contributed by atoms with E-state index in [0.29, 0.717) is 12.1 Å². The zero-order valence-electron chi connectivity index (χ0n) is 16.1. The largest absolute Gasteiger partial charge is 0.379 e. The molecule has 7 heteroatoms. The van der Waals surface area contributed by atoms with Crippen LogP contribution in [0.2, 0.25) is 0 Å². The Bertz CT molecular complexity index is 370. The van der Waals surface area contributed by atoms with Crippen LogP contribution in [0.5, 0.6) is 0 Å². The number of hydrogen-bond donors (Lipinski definition) is 2. The minimum atomic E-state index is 0. The molecule has 2 fully saturated rings. The molecule has 25 heavy (non-hydrogen) atoms. The van der Waals surface area contributed by atoms with Crippen molar-refractivity contribution in [2.24, 2.45) is 4.99 Å². The third-order valence-corrected chi connectivity index (χ3v) is 4.50. The van der Waals surface area contributed by atoms with Crippen LogP contribution in [-0.4, -0.2) is 75.0 Å². The Kier molecular flexibility index (Phi) is 12.0. The van der Waals surface area contributed by atoms with Crippen molar-refractivity contribution in [3.05, 3.63) is 0 Å². The number of hydrogen-bond acceptors (Lipinski definition) is 4. The second kappa shape index (κ2) is 13.1. The second-order valence-electron chi connectivity index (χ2n) is 6.96. The van der Waals surface area contributed by atoms with E-state index in [1.54, 1.807) is 0 Å². The SMILES string of the molecule is CCNC(=NCCCOC1CCOC1)NCCN(C(C)C)C1CC1.I. The van der Waals surface area contributed by atoms with Gasteiger partial charge in [0, 0.05) is 51.5 Å².